The van der Waals surface area contributed by atoms with E-state index in [2.05, 4.69) is 29.5 Å². The highest BCUT2D eigenvalue weighted by Crippen LogP contribution is 2.20. The average Bonchev–Trinajstić information content (AvgIpc) is 1.67. The Morgan fingerprint density at radius 2 is 2.00 bits per heavy atom. The SMILES string of the molecule is CCCC(I)=C(O)I. The predicted octanol–water partition coefficient (Wildman–Crippen LogP) is 3.38. The molecule has 0 aromatic carbocycles. The summed E-state index contributed by atoms with van der Waals surface area (Å²) in [4.78, 5) is 0. The first-order valence-electron chi connectivity index (χ1n) is 2.41. The Balaban J connectivity index is 3.62. The van der Waals surface area contributed by atoms with Crippen LogP contribution < -0.4 is 0 Å². The molecule has 0 rings (SSSR count). The number of allylic oxidation sites excluding steroid dienone is 1. The fraction of sp³-hybridized carbons (Fsp3) is 0.600. The predicted molar refractivity (Wildman–Crippen MR) is 52.6 cm³/mol. The van der Waals surface area contributed by atoms with Gasteiger partial charge in [0, 0.05) is 3.58 Å². The topological polar surface area (TPSA) is 20.2 Å². The van der Waals surface area contributed by atoms with Gasteiger partial charge in [-0.2, -0.15) is 0 Å². The van der Waals surface area contributed by atoms with E-state index in [1.165, 1.54) is 0 Å². The summed E-state index contributed by atoms with van der Waals surface area (Å²) in [5.41, 5.74) is 0. The molecule has 0 spiro atoms. The van der Waals surface area contributed by atoms with Crippen molar-refractivity contribution in [1.82, 2.24) is 0 Å². The van der Waals surface area contributed by atoms with E-state index in [4.69, 9.17) is 5.11 Å². The molecule has 0 amide bonds. The van der Waals surface area contributed by atoms with Crippen molar-refractivity contribution < 1.29 is 5.11 Å². The van der Waals surface area contributed by atoms with Crippen molar-refractivity contribution in [2.75, 3.05) is 0 Å². The first kappa shape index (κ1) is 9.00. The minimum Gasteiger partial charge on any atom is -0.502 e. The minimum atomic E-state index is 0.435. The van der Waals surface area contributed by atoms with Crippen molar-refractivity contribution in [3.8, 4) is 0 Å². The standard InChI is InChI=1S/C5H8I2O/c1-2-3-4(6)5(7)8/h8H,2-3H2,1H3. The Morgan fingerprint density at radius 1 is 1.50 bits per heavy atom. The van der Waals surface area contributed by atoms with Crippen LogP contribution in [0.2, 0.25) is 0 Å². The summed E-state index contributed by atoms with van der Waals surface area (Å²) in [6.45, 7) is 2.10. The molecular weight excluding hydrogens is 330 g/mol. The summed E-state index contributed by atoms with van der Waals surface area (Å²) < 4.78 is 1.50. The molecule has 0 saturated carbocycles. The van der Waals surface area contributed by atoms with Crippen molar-refractivity contribution in [2.24, 2.45) is 0 Å². The molecule has 0 radical (unpaired) electrons. The molecular formula is C5H8I2O. The molecule has 0 atom stereocenters. The van der Waals surface area contributed by atoms with Gasteiger partial charge in [-0.25, -0.2) is 0 Å². The molecule has 48 valence electrons. The number of hydrogen-bond donors (Lipinski definition) is 1. The van der Waals surface area contributed by atoms with Gasteiger partial charge in [0.25, 0.3) is 0 Å². The largest absolute Gasteiger partial charge is 0.502 e. The zero-order valence-electron chi connectivity index (χ0n) is 4.62. The van der Waals surface area contributed by atoms with Gasteiger partial charge in [-0.3, -0.25) is 0 Å². The van der Waals surface area contributed by atoms with Crippen LogP contribution in [-0.4, -0.2) is 5.11 Å². The summed E-state index contributed by atoms with van der Waals surface area (Å²) in [5, 5.41) is 8.81. The molecule has 0 aromatic heterocycles. The molecule has 1 nitrogen and oxygen atoms in total. The van der Waals surface area contributed by atoms with Gasteiger partial charge < -0.3 is 5.11 Å². The maximum Gasteiger partial charge on any atom is 0.162 e. The Hall–Kier alpha value is 1.00. The van der Waals surface area contributed by atoms with Crippen LogP contribution in [0.3, 0.4) is 0 Å². The Kier molecular flexibility index (Phi) is 5.44. The van der Waals surface area contributed by atoms with Gasteiger partial charge in [0.05, 0.1) is 0 Å². The van der Waals surface area contributed by atoms with Crippen LogP contribution in [0.4, 0.5) is 0 Å². The van der Waals surface area contributed by atoms with E-state index in [1.807, 2.05) is 22.6 Å². The minimum absolute atomic E-state index is 0.435. The molecule has 8 heavy (non-hydrogen) atoms. The van der Waals surface area contributed by atoms with E-state index in [1.54, 1.807) is 0 Å². The first-order valence-corrected chi connectivity index (χ1v) is 4.57. The summed E-state index contributed by atoms with van der Waals surface area (Å²) in [5.74, 6) is 0. The lowest BCUT2D eigenvalue weighted by Gasteiger charge is -1.93. The molecule has 1 N–H and O–H groups in total. The highest BCUT2D eigenvalue weighted by molar-refractivity contribution is 14.1. The maximum absolute atomic E-state index is 8.81. The van der Waals surface area contributed by atoms with E-state index in [9.17, 15) is 0 Å². The maximum atomic E-state index is 8.81. The quantitative estimate of drug-likeness (QED) is 0.605. The summed E-state index contributed by atoms with van der Waals surface area (Å²) >= 11 is 4.07. The van der Waals surface area contributed by atoms with Crippen LogP contribution >= 0.6 is 45.2 Å². The van der Waals surface area contributed by atoms with Crippen molar-refractivity contribution in [2.45, 2.75) is 19.8 Å². The smallest absolute Gasteiger partial charge is 0.162 e. The Labute approximate surface area is 76.8 Å². The molecule has 3 heteroatoms. The number of rotatable bonds is 2. The highest BCUT2D eigenvalue weighted by atomic mass is 127. The molecule has 0 bridgehead atoms. The van der Waals surface area contributed by atoms with Crippen molar-refractivity contribution >= 4 is 45.2 Å². The first-order chi connectivity index (χ1) is 3.68. The van der Waals surface area contributed by atoms with Crippen LogP contribution in [0.15, 0.2) is 7.35 Å². The molecule has 0 aliphatic carbocycles. The second kappa shape index (κ2) is 4.84. The van der Waals surface area contributed by atoms with Crippen LogP contribution in [0.25, 0.3) is 0 Å². The third-order valence-corrected chi connectivity index (χ3v) is 3.43. The molecule has 0 heterocycles. The van der Waals surface area contributed by atoms with Gasteiger partial charge in [-0.05, 0) is 51.6 Å². The molecule has 0 aromatic rings. The third-order valence-electron chi connectivity index (χ3n) is 0.693. The van der Waals surface area contributed by atoms with Gasteiger partial charge in [-0.1, -0.05) is 13.3 Å². The van der Waals surface area contributed by atoms with Gasteiger partial charge in [0.1, 0.15) is 0 Å². The van der Waals surface area contributed by atoms with Crippen molar-refractivity contribution in [3.05, 3.63) is 7.35 Å². The lowest BCUT2D eigenvalue weighted by atomic mass is 10.3. The van der Waals surface area contributed by atoms with Gasteiger partial charge in [-0.15, -0.1) is 0 Å². The third kappa shape index (κ3) is 3.94. The number of hydrogen-bond acceptors (Lipinski definition) is 1. The molecule has 0 unspecified atom stereocenters. The number of halogens is 2. The van der Waals surface area contributed by atoms with E-state index in [0.717, 1.165) is 16.4 Å². The summed E-state index contributed by atoms with van der Waals surface area (Å²) in [7, 11) is 0. The van der Waals surface area contributed by atoms with E-state index < -0.39 is 0 Å². The summed E-state index contributed by atoms with van der Waals surface area (Å²) in [6, 6.07) is 0. The van der Waals surface area contributed by atoms with Crippen molar-refractivity contribution in [3.63, 3.8) is 0 Å². The zero-order valence-corrected chi connectivity index (χ0v) is 8.93. The van der Waals surface area contributed by atoms with Crippen molar-refractivity contribution in [1.29, 1.82) is 0 Å². The van der Waals surface area contributed by atoms with E-state index in [0.29, 0.717) is 3.77 Å². The second-order valence-corrected chi connectivity index (χ2v) is 3.77. The van der Waals surface area contributed by atoms with Gasteiger partial charge in [0.15, 0.2) is 3.77 Å². The van der Waals surface area contributed by atoms with Gasteiger partial charge >= 0.3 is 0 Å². The normalized spacial score (nSPS) is 13.4. The second-order valence-electron chi connectivity index (χ2n) is 1.45. The Morgan fingerprint density at radius 3 is 2.12 bits per heavy atom. The van der Waals surface area contributed by atoms with Crippen LogP contribution in [0.5, 0.6) is 0 Å². The van der Waals surface area contributed by atoms with Gasteiger partial charge in [0.2, 0.25) is 0 Å². The monoisotopic (exact) mass is 338 g/mol. The summed E-state index contributed by atoms with van der Waals surface area (Å²) in [6.07, 6.45) is 2.10. The Bertz CT molecular complexity index is 94.6. The molecule has 0 aliphatic heterocycles. The highest BCUT2D eigenvalue weighted by Gasteiger charge is 1.93. The van der Waals surface area contributed by atoms with Crippen LogP contribution in [0.1, 0.15) is 19.8 Å². The van der Waals surface area contributed by atoms with Crippen LogP contribution in [0, 0.1) is 0 Å². The zero-order chi connectivity index (χ0) is 6.57. The lowest BCUT2D eigenvalue weighted by molar-refractivity contribution is 0.461. The number of aliphatic hydroxyl groups excluding tert-OH is 1. The van der Waals surface area contributed by atoms with Crippen LogP contribution in [-0.2, 0) is 0 Å². The molecule has 0 saturated heterocycles. The molecule has 0 fully saturated rings. The fourth-order valence-electron chi connectivity index (χ4n) is 0.323. The molecule has 0 aliphatic rings. The lowest BCUT2D eigenvalue weighted by Crippen LogP contribution is -1.73. The average molecular weight is 338 g/mol. The van der Waals surface area contributed by atoms with E-state index >= 15 is 0 Å². The fourth-order valence-corrected chi connectivity index (χ4v) is 1.13. The van der Waals surface area contributed by atoms with E-state index in [-0.39, 0.29) is 0 Å². The number of aliphatic hydroxyl groups is 1.